The Morgan fingerprint density at radius 3 is 2.42 bits per heavy atom. The van der Waals surface area contributed by atoms with Crippen molar-refractivity contribution in [1.29, 1.82) is 0 Å². The van der Waals surface area contributed by atoms with Crippen molar-refractivity contribution in [1.82, 2.24) is 0 Å². The Morgan fingerprint density at radius 2 is 2.00 bits per heavy atom. The highest BCUT2D eigenvalue weighted by atomic mass is 79.9. The molecule has 0 atom stereocenters. The van der Waals surface area contributed by atoms with Crippen molar-refractivity contribution in [2.45, 2.75) is 13.3 Å². The third kappa shape index (κ3) is 2.08. The first-order valence-corrected chi connectivity index (χ1v) is 4.60. The Kier molecular flexibility index (Phi) is 3.29. The number of nitrogens with two attached hydrogens (primary N) is 1. The lowest BCUT2D eigenvalue weighted by atomic mass is 10.1. The van der Waals surface area contributed by atoms with E-state index in [1.165, 1.54) is 0 Å². The summed E-state index contributed by atoms with van der Waals surface area (Å²) in [5.74, 6) is 5.23. The van der Waals surface area contributed by atoms with E-state index in [0.29, 0.717) is 0 Å². The molecule has 1 aromatic rings. The first-order valence-electron chi connectivity index (χ1n) is 3.80. The minimum absolute atomic E-state index is 0.859. The second-order valence-corrected chi connectivity index (χ2v) is 3.35. The molecule has 0 amide bonds. The number of hydrogen-bond donors (Lipinski definition) is 1. The van der Waals surface area contributed by atoms with E-state index in [0.717, 1.165) is 22.2 Å². The molecule has 0 aromatic heterocycles. The van der Waals surface area contributed by atoms with Crippen molar-refractivity contribution in [3.8, 4) is 0 Å². The Balaban J connectivity index is 2.96. The molecular formula is C9H11BrN2. The van der Waals surface area contributed by atoms with Gasteiger partial charge in [0.25, 0.3) is 0 Å². The molecule has 0 bridgehead atoms. The van der Waals surface area contributed by atoms with Gasteiger partial charge >= 0.3 is 0 Å². The summed E-state index contributed by atoms with van der Waals surface area (Å²) in [6.45, 7) is 2.04. The molecule has 3 heteroatoms. The second kappa shape index (κ2) is 4.26. The maximum atomic E-state index is 5.23. The number of rotatable bonds is 2. The van der Waals surface area contributed by atoms with Gasteiger partial charge in [-0.3, -0.25) is 0 Å². The van der Waals surface area contributed by atoms with E-state index in [-0.39, 0.29) is 0 Å². The van der Waals surface area contributed by atoms with Gasteiger partial charge in [0.2, 0.25) is 0 Å². The third-order valence-corrected chi connectivity index (χ3v) is 2.20. The lowest BCUT2D eigenvalue weighted by Crippen LogP contribution is -2.01. The van der Waals surface area contributed by atoms with E-state index >= 15 is 0 Å². The molecule has 2 nitrogen and oxygen atoms in total. The van der Waals surface area contributed by atoms with Crippen LogP contribution in [0.2, 0.25) is 0 Å². The van der Waals surface area contributed by atoms with Crippen LogP contribution in [0.3, 0.4) is 0 Å². The molecule has 1 rings (SSSR count). The van der Waals surface area contributed by atoms with E-state index in [1.807, 2.05) is 31.2 Å². The van der Waals surface area contributed by atoms with Gasteiger partial charge < -0.3 is 5.84 Å². The van der Waals surface area contributed by atoms with E-state index < -0.39 is 0 Å². The van der Waals surface area contributed by atoms with E-state index in [1.54, 1.807) is 0 Å². The van der Waals surface area contributed by atoms with Crippen molar-refractivity contribution in [3.63, 3.8) is 0 Å². The van der Waals surface area contributed by atoms with Crippen LogP contribution in [0.15, 0.2) is 33.8 Å². The topological polar surface area (TPSA) is 38.4 Å². The van der Waals surface area contributed by atoms with Gasteiger partial charge in [-0.1, -0.05) is 35.0 Å². The molecule has 0 saturated heterocycles. The second-order valence-electron chi connectivity index (χ2n) is 2.44. The first-order chi connectivity index (χ1) is 5.77. The number of halogens is 1. The van der Waals surface area contributed by atoms with Crippen LogP contribution in [0.1, 0.15) is 18.9 Å². The molecule has 0 unspecified atom stereocenters. The van der Waals surface area contributed by atoms with Gasteiger partial charge in [0.1, 0.15) is 0 Å². The summed E-state index contributed by atoms with van der Waals surface area (Å²) in [4.78, 5) is 0. The van der Waals surface area contributed by atoms with Crippen LogP contribution in [0.25, 0.3) is 0 Å². The van der Waals surface area contributed by atoms with Crippen LogP contribution >= 0.6 is 15.9 Å². The number of hydrogen-bond acceptors (Lipinski definition) is 2. The van der Waals surface area contributed by atoms with Gasteiger partial charge in [-0.2, -0.15) is 5.10 Å². The average Bonchev–Trinajstić information content (AvgIpc) is 2.10. The van der Waals surface area contributed by atoms with Crippen LogP contribution in [0.5, 0.6) is 0 Å². The third-order valence-electron chi connectivity index (χ3n) is 1.67. The predicted molar refractivity (Wildman–Crippen MR) is 55.2 cm³/mol. The zero-order valence-corrected chi connectivity index (χ0v) is 8.51. The summed E-state index contributed by atoms with van der Waals surface area (Å²) < 4.78 is 1.07. The summed E-state index contributed by atoms with van der Waals surface area (Å²) in [5.41, 5.74) is 2.02. The Labute approximate surface area is 80.6 Å². The molecule has 2 N–H and O–H groups in total. The van der Waals surface area contributed by atoms with Crippen molar-refractivity contribution in [3.05, 3.63) is 34.3 Å². The van der Waals surface area contributed by atoms with Gasteiger partial charge in [0.05, 0.1) is 5.71 Å². The monoisotopic (exact) mass is 226 g/mol. The largest absolute Gasteiger partial charge is 0.323 e. The van der Waals surface area contributed by atoms with Gasteiger partial charge in [0, 0.05) is 4.47 Å². The van der Waals surface area contributed by atoms with Crippen molar-refractivity contribution in [2.24, 2.45) is 10.9 Å². The minimum Gasteiger partial charge on any atom is -0.323 e. The van der Waals surface area contributed by atoms with Crippen LogP contribution < -0.4 is 5.84 Å². The van der Waals surface area contributed by atoms with E-state index in [2.05, 4.69) is 21.0 Å². The van der Waals surface area contributed by atoms with Crippen molar-refractivity contribution >= 4 is 21.6 Å². The van der Waals surface area contributed by atoms with Crippen molar-refractivity contribution < 1.29 is 0 Å². The average molecular weight is 227 g/mol. The summed E-state index contributed by atoms with van der Waals surface area (Å²) >= 11 is 3.37. The summed E-state index contributed by atoms with van der Waals surface area (Å²) in [6, 6.07) is 7.96. The molecule has 0 radical (unpaired) electrons. The quantitative estimate of drug-likeness (QED) is 0.470. The minimum atomic E-state index is 0.859. The lowest BCUT2D eigenvalue weighted by molar-refractivity contribution is 1.17. The molecule has 0 aliphatic carbocycles. The Morgan fingerprint density at radius 1 is 1.42 bits per heavy atom. The fraction of sp³-hybridized carbons (Fsp3) is 0.222. The molecule has 12 heavy (non-hydrogen) atoms. The number of nitrogens with zero attached hydrogens (tertiary/aromatic N) is 1. The fourth-order valence-corrected chi connectivity index (χ4v) is 1.28. The summed E-state index contributed by atoms with van der Waals surface area (Å²) in [6.07, 6.45) is 0.859. The molecule has 64 valence electrons. The molecule has 1 aromatic carbocycles. The van der Waals surface area contributed by atoms with Gasteiger partial charge in [-0.15, -0.1) is 0 Å². The summed E-state index contributed by atoms with van der Waals surface area (Å²) in [5, 5.41) is 3.71. The van der Waals surface area contributed by atoms with Crippen LogP contribution in [-0.4, -0.2) is 5.71 Å². The lowest BCUT2D eigenvalue weighted by Gasteiger charge is -2.01. The predicted octanol–water partition coefficient (Wildman–Crippen LogP) is 2.52. The molecule has 0 spiro atoms. The van der Waals surface area contributed by atoms with E-state index in [4.69, 9.17) is 5.84 Å². The Hall–Kier alpha value is -0.830. The normalized spacial score (nSPS) is 11.7. The Bertz CT molecular complexity index is 277. The highest BCUT2D eigenvalue weighted by molar-refractivity contribution is 9.10. The maximum absolute atomic E-state index is 5.23. The standard InChI is InChI=1S/C9H11BrN2/c1-2-9(12-11)7-3-5-8(10)6-4-7/h3-6H,2,11H2,1H3/b12-9+. The molecule has 0 aliphatic rings. The van der Waals surface area contributed by atoms with Crippen LogP contribution in [0, 0.1) is 0 Å². The number of hydrazone groups is 1. The summed E-state index contributed by atoms with van der Waals surface area (Å²) in [7, 11) is 0. The molecule has 0 saturated carbocycles. The smallest absolute Gasteiger partial charge is 0.0670 e. The highest BCUT2D eigenvalue weighted by Crippen LogP contribution is 2.11. The number of benzene rings is 1. The van der Waals surface area contributed by atoms with E-state index in [9.17, 15) is 0 Å². The fourth-order valence-electron chi connectivity index (χ4n) is 1.01. The maximum Gasteiger partial charge on any atom is 0.0670 e. The highest BCUT2D eigenvalue weighted by Gasteiger charge is 1.98. The zero-order chi connectivity index (χ0) is 8.97. The molecular weight excluding hydrogens is 216 g/mol. The SMILES string of the molecule is CC/C(=N\N)c1ccc(Br)cc1. The molecule has 0 aliphatic heterocycles. The van der Waals surface area contributed by atoms with Gasteiger partial charge in [-0.05, 0) is 24.1 Å². The molecule has 0 fully saturated rings. The first kappa shape index (κ1) is 9.26. The van der Waals surface area contributed by atoms with Gasteiger partial charge in [0.15, 0.2) is 0 Å². The van der Waals surface area contributed by atoms with Gasteiger partial charge in [-0.25, -0.2) is 0 Å². The zero-order valence-electron chi connectivity index (χ0n) is 6.92. The van der Waals surface area contributed by atoms with Crippen LogP contribution in [-0.2, 0) is 0 Å². The molecule has 0 heterocycles. The van der Waals surface area contributed by atoms with Crippen molar-refractivity contribution in [2.75, 3.05) is 0 Å². The van der Waals surface area contributed by atoms with Crippen LogP contribution in [0.4, 0.5) is 0 Å².